The smallest absolute Gasteiger partial charge is 0.137 e. The van der Waals surface area contributed by atoms with E-state index in [4.69, 9.17) is 0 Å². The van der Waals surface area contributed by atoms with Crippen molar-refractivity contribution in [2.75, 3.05) is 5.75 Å². The zero-order chi connectivity index (χ0) is 18.2. The summed E-state index contributed by atoms with van der Waals surface area (Å²) in [6.45, 7) is 4.54. The zero-order valence-electron chi connectivity index (χ0n) is 17.2. The van der Waals surface area contributed by atoms with Crippen molar-refractivity contribution in [2.24, 2.45) is 5.92 Å². The van der Waals surface area contributed by atoms with Crippen molar-refractivity contribution in [1.29, 1.82) is 0 Å². The molecule has 0 aromatic rings. The van der Waals surface area contributed by atoms with Gasteiger partial charge in [0, 0.05) is 17.6 Å². The Morgan fingerprint density at radius 1 is 0.760 bits per heavy atom. The third-order valence-corrected chi connectivity index (χ3v) is 7.25. The third kappa shape index (κ3) is 11.4. The van der Waals surface area contributed by atoms with E-state index in [1.165, 1.54) is 95.6 Å². The monoisotopic (exact) mass is 368 g/mol. The first kappa shape index (κ1) is 23.1. The van der Waals surface area contributed by atoms with Gasteiger partial charge in [-0.2, -0.15) is 11.8 Å². The van der Waals surface area contributed by atoms with Gasteiger partial charge in [-0.25, -0.2) is 0 Å². The molecular weight excluding hydrogens is 324 g/mol. The molecule has 1 fully saturated rings. The quantitative estimate of drug-likeness (QED) is 0.242. The minimum atomic E-state index is 0.393. The van der Waals surface area contributed by atoms with Gasteiger partial charge in [0.1, 0.15) is 5.78 Å². The summed E-state index contributed by atoms with van der Waals surface area (Å²) in [6.07, 6.45) is 22.5. The molecule has 0 aromatic carbocycles. The number of hydrogen-bond donors (Lipinski definition) is 0. The van der Waals surface area contributed by atoms with Crippen LogP contribution in [0.5, 0.6) is 0 Å². The molecule has 0 heterocycles. The number of carbonyl (C=O) groups is 1. The molecule has 148 valence electrons. The second kappa shape index (κ2) is 16.2. The first-order valence-electron chi connectivity index (χ1n) is 11.4. The molecule has 2 heteroatoms. The molecule has 2 atom stereocenters. The lowest BCUT2D eigenvalue weighted by atomic mass is 9.98. The molecule has 0 radical (unpaired) electrons. The Morgan fingerprint density at radius 3 is 1.88 bits per heavy atom. The van der Waals surface area contributed by atoms with Crippen molar-refractivity contribution >= 4 is 17.5 Å². The van der Waals surface area contributed by atoms with E-state index in [0.717, 1.165) is 19.3 Å². The molecular formula is C23H44OS. The van der Waals surface area contributed by atoms with Crippen LogP contribution in [0.4, 0.5) is 0 Å². The molecule has 0 saturated heterocycles. The maximum atomic E-state index is 12.1. The number of thioether (sulfide) groups is 1. The fourth-order valence-electron chi connectivity index (χ4n) is 4.04. The molecule has 1 aliphatic rings. The van der Waals surface area contributed by atoms with E-state index in [0.29, 0.717) is 17.0 Å². The summed E-state index contributed by atoms with van der Waals surface area (Å²) in [5, 5.41) is 0.646. The molecule has 1 nitrogen and oxygen atoms in total. The first-order chi connectivity index (χ1) is 12.3. The lowest BCUT2D eigenvalue weighted by Gasteiger charge is -2.18. The summed E-state index contributed by atoms with van der Waals surface area (Å²) in [4.78, 5) is 12.1. The summed E-state index contributed by atoms with van der Waals surface area (Å²) < 4.78 is 0. The molecule has 0 spiro atoms. The van der Waals surface area contributed by atoms with Crippen LogP contribution in [0.3, 0.4) is 0 Å². The van der Waals surface area contributed by atoms with Gasteiger partial charge in [-0.3, -0.25) is 4.79 Å². The van der Waals surface area contributed by atoms with Gasteiger partial charge in [-0.05, 0) is 25.0 Å². The summed E-state index contributed by atoms with van der Waals surface area (Å²) in [5.41, 5.74) is 0. The molecule has 2 unspecified atom stereocenters. The lowest BCUT2D eigenvalue weighted by Crippen LogP contribution is -2.17. The van der Waals surface area contributed by atoms with E-state index in [-0.39, 0.29) is 0 Å². The molecule has 1 rings (SSSR count). The molecule has 1 saturated carbocycles. The van der Waals surface area contributed by atoms with Crippen molar-refractivity contribution in [3.8, 4) is 0 Å². The number of rotatable bonds is 17. The fourth-order valence-corrected chi connectivity index (χ4v) is 5.52. The second-order valence-corrected chi connectivity index (χ2v) is 9.40. The van der Waals surface area contributed by atoms with Crippen molar-refractivity contribution < 1.29 is 4.79 Å². The van der Waals surface area contributed by atoms with Gasteiger partial charge >= 0.3 is 0 Å². The van der Waals surface area contributed by atoms with E-state index in [2.05, 4.69) is 25.6 Å². The van der Waals surface area contributed by atoms with Gasteiger partial charge in [-0.1, -0.05) is 97.3 Å². The van der Waals surface area contributed by atoms with Gasteiger partial charge < -0.3 is 0 Å². The predicted molar refractivity (Wildman–Crippen MR) is 115 cm³/mol. The van der Waals surface area contributed by atoms with Crippen molar-refractivity contribution in [1.82, 2.24) is 0 Å². The normalized spacial score (nSPS) is 20.5. The second-order valence-electron chi connectivity index (χ2n) is 8.05. The Kier molecular flexibility index (Phi) is 15.0. The molecule has 0 aromatic heterocycles. The Labute approximate surface area is 162 Å². The minimum absolute atomic E-state index is 0.393. The van der Waals surface area contributed by atoms with Crippen LogP contribution in [-0.2, 0) is 4.79 Å². The molecule has 0 amide bonds. The Morgan fingerprint density at radius 2 is 1.28 bits per heavy atom. The number of ketones is 1. The largest absolute Gasteiger partial charge is 0.299 e. The van der Waals surface area contributed by atoms with Gasteiger partial charge in [0.05, 0.1) is 0 Å². The maximum Gasteiger partial charge on any atom is 0.137 e. The van der Waals surface area contributed by atoms with E-state index in [1.807, 2.05) is 0 Å². The van der Waals surface area contributed by atoms with Gasteiger partial charge in [0.2, 0.25) is 0 Å². The average molecular weight is 369 g/mol. The van der Waals surface area contributed by atoms with E-state index >= 15 is 0 Å². The highest BCUT2D eigenvalue weighted by Gasteiger charge is 2.33. The van der Waals surface area contributed by atoms with Crippen LogP contribution >= 0.6 is 11.8 Å². The Balaban J connectivity index is 1.96. The highest BCUT2D eigenvalue weighted by Crippen LogP contribution is 2.36. The van der Waals surface area contributed by atoms with E-state index < -0.39 is 0 Å². The standard InChI is InChI=1S/C23H44OS/c1-3-5-7-9-10-11-12-13-14-16-20-25-23-19-18-22(24)21(23)17-15-8-6-4-2/h21,23H,3-20H2,1-2H3. The fraction of sp³-hybridized carbons (Fsp3) is 0.957. The van der Waals surface area contributed by atoms with Gasteiger partial charge in [-0.15, -0.1) is 0 Å². The number of hydrogen-bond acceptors (Lipinski definition) is 2. The number of Topliss-reactive ketones (excluding diaryl/α,β-unsaturated/α-hetero) is 1. The lowest BCUT2D eigenvalue weighted by molar-refractivity contribution is -0.120. The predicted octanol–water partition coefficient (Wildman–Crippen LogP) is 7.96. The highest BCUT2D eigenvalue weighted by molar-refractivity contribution is 7.99. The molecule has 0 bridgehead atoms. The zero-order valence-corrected chi connectivity index (χ0v) is 18.0. The summed E-state index contributed by atoms with van der Waals surface area (Å²) >= 11 is 2.12. The van der Waals surface area contributed by atoms with E-state index in [1.54, 1.807) is 0 Å². The molecule has 25 heavy (non-hydrogen) atoms. The SMILES string of the molecule is CCCCCCCCCCCCSC1CCC(=O)C1CCCCCC. The summed E-state index contributed by atoms with van der Waals surface area (Å²) in [6, 6.07) is 0. The summed E-state index contributed by atoms with van der Waals surface area (Å²) in [7, 11) is 0. The highest BCUT2D eigenvalue weighted by atomic mass is 32.2. The molecule has 1 aliphatic carbocycles. The van der Waals surface area contributed by atoms with Crippen LogP contribution in [0.25, 0.3) is 0 Å². The number of unbranched alkanes of at least 4 members (excludes halogenated alkanes) is 12. The third-order valence-electron chi connectivity index (χ3n) is 5.74. The van der Waals surface area contributed by atoms with Crippen LogP contribution < -0.4 is 0 Å². The van der Waals surface area contributed by atoms with Crippen LogP contribution in [0.15, 0.2) is 0 Å². The van der Waals surface area contributed by atoms with Crippen LogP contribution in [0.2, 0.25) is 0 Å². The maximum absolute atomic E-state index is 12.1. The van der Waals surface area contributed by atoms with Crippen molar-refractivity contribution in [3.63, 3.8) is 0 Å². The Hall–Kier alpha value is 0.0200. The first-order valence-corrected chi connectivity index (χ1v) is 12.5. The average Bonchev–Trinajstić information content (AvgIpc) is 2.96. The minimum Gasteiger partial charge on any atom is -0.299 e. The van der Waals surface area contributed by atoms with Crippen LogP contribution in [0, 0.1) is 5.92 Å². The molecule has 0 aliphatic heterocycles. The molecule has 0 N–H and O–H groups in total. The van der Waals surface area contributed by atoms with E-state index in [9.17, 15) is 4.79 Å². The van der Waals surface area contributed by atoms with Crippen molar-refractivity contribution in [2.45, 2.75) is 128 Å². The van der Waals surface area contributed by atoms with Crippen LogP contribution in [-0.4, -0.2) is 16.8 Å². The van der Waals surface area contributed by atoms with Crippen molar-refractivity contribution in [3.05, 3.63) is 0 Å². The van der Waals surface area contributed by atoms with Gasteiger partial charge in [0.15, 0.2) is 0 Å². The number of carbonyl (C=O) groups excluding carboxylic acids is 1. The summed E-state index contributed by atoms with van der Waals surface area (Å²) in [5.74, 6) is 2.24. The Bertz CT molecular complexity index is 315. The van der Waals surface area contributed by atoms with Gasteiger partial charge in [0.25, 0.3) is 0 Å². The van der Waals surface area contributed by atoms with Crippen LogP contribution in [0.1, 0.15) is 123 Å². The topological polar surface area (TPSA) is 17.1 Å².